The van der Waals surface area contributed by atoms with Gasteiger partial charge in [-0.1, -0.05) is 24.3 Å². The largest absolute Gasteiger partial charge is 0.325 e. The van der Waals surface area contributed by atoms with Gasteiger partial charge in [0.25, 0.3) is 0 Å². The van der Waals surface area contributed by atoms with Gasteiger partial charge in [-0.3, -0.25) is 4.79 Å². The quantitative estimate of drug-likeness (QED) is 0.892. The van der Waals surface area contributed by atoms with Crippen LogP contribution in [0.5, 0.6) is 0 Å². The Hall–Kier alpha value is -2.27. The summed E-state index contributed by atoms with van der Waals surface area (Å²) in [5, 5.41) is 5.82. The highest BCUT2D eigenvalue weighted by Crippen LogP contribution is 2.25. The zero-order valence-corrected chi connectivity index (χ0v) is 11.2. The molecule has 5 heteroatoms. The van der Waals surface area contributed by atoms with Gasteiger partial charge in [0.1, 0.15) is 0 Å². The molecule has 3 nitrogen and oxygen atoms in total. The number of nitrogens with one attached hydrogen (secondary N) is 2. The van der Waals surface area contributed by atoms with Crippen molar-refractivity contribution in [2.45, 2.75) is 12.5 Å². The van der Waals surface area contributed by atoms with E-state index in [2.05, 4.69) is 10.6 Å². The molecule has 1 amide bonds. The van der Waals surface area contributed by atoms with E-state index in [0.717, 1.165) is 29.8 Å². The van der Waals surface area contributed by atoms with Crippen LogP contribution in [-0.4, -0.2) is 12.5 Å². The van der Waals surface area contributed by atoms with E-state index in [4.69, 9.17) is 0 Å². The van der Waals surface area contributed by atoms with Crippen molar-refractivity contribution in [1.29, 1.82) is 0 Å². The zero-order valence-electron chi connectivity index (χ0n) is 11.2. The maximum absolute atomic E-state index is 13.2. The third kappa shape index (κ3) is 2.78. The van der Waals surface area contributed by atoms with Crippen molar-refractivity contribution < 1.29 is 13.6 Å². The lowest BCUT2D eigenvalue weighted by atomic mass is 9.90. The molecule has 1 aliphatic heterocycles. The second-order valence-electron chi connectivity index (χ2n) is 5.00. The summed E-state index contributed by atoms with van der Waals surface area (Å²) in [6.45, 7) is 1.25. The van der Waals surface area contributed by atoms with E-state index in [1.807, 2.05) is 24.3 Å². The number of hydrogen-bond donors (Lipinski definition) is 2. The SMILES string of the molecule is O=C(Nc1ccc(F)c(F)c1)C1CNCc2ccccc21. The Balaban J connectivity index is 1.81. The molecule has 0 fully saturated rings. The lowest BCUT2D eigenvalue weighted by Gasteiger charge is -2.25. The molecule has 1 unspecified atom stereocenters. The second kappa shape index (κ2) is 5.61. The summed E-state index contributed by atoms with van der Waals surface area (Å²) in [5.41, 5.74) is 2.30. The van der Waals surface area contributed by atoms with Crippen LogP contribution in [0.2, 0.25) is 0 Å². The Morgan fingerprint density at radius 1 is 1.14 bits per heavy atom. The maximum Gasteiger partial charge on any atom is 0.233 e. The molecule has 0 spiro atoms. The smallest absolute Gasteiger partial charge is 0.233 e. The number of halogens is 2. The van der Waals surface area contributed by atoms with Gasteiger partial charge in [0, 0.05) is 24.8 Å². The van der Waals surface area contributed by atoms with Gasteiger partial charge in [-0.15, -0.1) is 0 Å². The molecule has 1 aliphatic rings. The molecule has 21 heavy (non-hydrogen) atoms. The van der Waals surface area contributed by atoms with E-state index in [-0.39, 0.29) is 17.5 Å². The highest BCUT2D eigenvalue weighted by atomic mass is 19.2. The Kier molecular flexibility index (Phi) is 3.66. The number of carbonyl (C=O) groups is 1. The summed E-state index contributed by atoms with van der Waals surface area (Å²) in [6, 6.07) is 11.0. The summed E-state index contributed by atoms with van der Waals surface area (Å²) in [5.74, 6) is -2.49. The number of hydrogen-bond acceptors (Lipinski definition) is 2. The lowest BCUT2D eigenvalue weighted by molar-refractivity contribution is -0.117. The van der Waals surface area contributed by atoms with E-state index < -0.39 is 11.6 Å². The van der Waals surface area contributed by atoms with E-state index >= 15 is 0 Å². The monoisotopic (exact) mass is 288 g/mol. The van der Waals surface area contributed by atoms with Crippen molar-refractivity contribution in [2.24, 2.45) is 0 Å². The molecule has 0 aliphatic carbocycles. The minimum absolute atomic E-state index is 0.236. The fourth-order valence-corrected chi connectivity index (χ4v) is 2.53. The van der Waals surface area contributed by atoms with Crippen LogP contribution in [0.4, 0.5) is 14.5 Å². The summed E-state index contributed by atoms with van der Waals surface area (Å²) >= 11 is 0. The summed E-state index contributed by atoms with van der Waals surface area (Å²) < 4.78 is 26.1. The van der Waals surface area contributed by atoms with Crippen molar-refractivity contribution >= 4 is 11.6 Å². The molecule has 2 aromatic rings. The molecule has 1 atom stereocenters. The van der Waals surface area contributed by atoms with Crippen LogP contribution in [0.1, 0.15) is 17.0 Å². The summed E-state index contributed by atoms with van der Waals surface area (Å²) in [7, 11) is 0. The molecule has 108 valence electrons. The van der Waals surface area contributed by atoms with Crippen LogP contribution in [-0.2, 0) is 11.3 Å². The molecule has 0 saturated heterocycles. The standard InChI is InChI=1S/C16H14F2N2O/c17-14-6-5-11(7-15(14)18)20-16(21)13-9-19-8-10-3-1-2-4-12(10)13/h1-7,13,19H,8-9H2,(H,20,21). The van der Waals surface area contributed by atoms with Gasteiger partial charge >= 0.3 is 0 Å². The minimum atomic E-state index is -0.977. The molecular weight excluding hydrogens is 274 g/mol. The number of rotatable bonds is 2. The molecule has 2 aromatic carbocycles. The van der Waals surface area contributed by atoms with Gasteiger partial charge in [0.05, 0.1) is 5.92 Å². The lowest BCUT2D eigenvalue weighted by Crippen LogP contribution is -2.35. The van der Waals surface area contributed by atoms with Gasteiger partial charge in [-0.2, -0.15) is 0 Å². The zero-order chi connectivity index (χ0) is 14.8. The van der Waals surface area contributed by atoms with E-state index in [9.17, 15) is 13.6 Å². The third-order valence-electron chi connectivity index (χ3n) is 3.60. The minimum Gasteiger partial charge on any atom is -0.325 e. The predicted octanol–water partition coefficient (Wildman–Crippen LogP) is 2.79. The van der Waals surface area contributed by atoms with Crippen molar-refractivity contribution in [1.82, 2.24) is 5.32 Å². The van der Waals surface area contributed by atoms with Crippen LogP contribution < -0.4 is 10.6 Å². The number of carbonyl (C=O) groups excluding carboxylic acids is 1. The number of anilines is 1. The van der Waals surface area contributed by atoms with Gasteiger partial charge < -0.3 is 10.6 Å². The normalized spacial score (nSPS) is 17.1. The van der Waals surface area contributed by atoms with Gasteiger partial charge in [0.2, 0.25) is 5.91 Å². The van der Waals surface area contributed by atoms with Crippen LogP contribution >= 0.6 is 0 Å². The van der Waals surface area contributed by atoms with Crippen LogP contribution in [0.3, 0.4) is 0 Å². The van der Waals surface area contributed by atoms with E-state index in [0.29, 0.717) is 6.54 Å². The van der Waals surface area contributed by atoms with Crippen LogP contribution in [0, 0.1) is 11.6 Å². The molecule has 3 rings (SSSR count). The first-order chi connectivity index (χ1) is 10.1. The van der Waals surface area contributed by atoms with Crippen LogP contribution in [0.25, 0.3) is 0 Å². The van der Waals surface area contributed by atoms with Gasteiger partial charge in [-0.25, -0.2) is 8.78 Å². The fraction of sp³-hybridized carbons (Fsp3) is 0.188. The van der Waals surface area contributed by atoms with E-state index in [1.54, 1.807) is 0 Å². The summed E-state index contributed by atoms with van der Waals surface area (Å²) in [6.07, 6.45) is 0. The Morgan fingerprint density at radius 2 is 1.95 bits per heavy atom. The first-order valence-corrected chi connectivity index (χ1v) is 6.69. The fourth-order valence-electron chi connectivity index (χ4n) is 2.53. The molecule has 1 heterocycles. The van der Waals surface area contributed by atoms with Crippen LogP contribution in [0.15, 0.2) is 42.5 Å². The molecule has 0 bridgehead atoms. The predicted molar refractivity (Wildman–Crippen MR) is 75.9 cm³/mol. The van der Waals surface area contributed by atoms with Crippen molar-refractivity contribution in [3.05, 3.63) is 65.2 Å². The first-order valence-electron chi connectivity index (χ1n) is 6.69. The van der Waals surface area contributed by atoms with Gasteiger partial charge in [-0.05, 0) is 23.3 Å². The molecule has 0 radical (unpaired) electrons. The second-order valence-corrected chi connectivity index (χ2v) is 5.00. The average molecular weight is 288 g/mol. The third-order valence-corrected chi connectivity index (χ3v) is 3.60. The first kappa shape index (κ1) is 13.7. The average Bonchev–Trinajstić information content (AvgIpc) is 2.50. The topological polar surface area (TPSA) is 41.1 Å². The Labute approximate surface area is 121 Å². The Morgan fingerprint density at radius 3 is 2.76 bits per heavy atom. The molecular formula is C16H14F2N2O. The highest BCUT2D eigenvalue weighted by Gasteiger charge is 2.26. The molecule has 0 saturated carbocycles. The van der Waals surface area contributed by atoms with E-state index in [1.165, 1.54) is 6.07 Å². The highest BCUT2D eigenvalue weighted by molar-refractivity contribution is 5.96. The number of benzene rings is 2. The maximum atomic E-state index is 13.2. The van der Waals surface area contributed by atoms with Crippen molar-refractivity contribution in [2.75, 3.05) is 11.9 Å². The molecule has 0 aromatic heterocycles. The van der Waals surface area contributed by atoms with Crippen molar-refractivity contribution in [3.63, 3.8) is 0 Å². The molecule has 2 N–H and O–H groups in total. The van der Waals surface area contributed by atoms with Gasteiger partial charge in [0.15, 0.2) is 11.6 Å². The van der Waals surface area contributed by atoms with Crippen molar-refractivity contribution in [3.8, 4) is 0 Å². The Bertz CT molecular complexity index is 688. The summed E-state index contributed by atoms with van der Waals surface area (Å²) in [4.78, 5) is 12.4. The number of fused-ring (bicyclic) bond motifs is 1. The number of amides is 1.